The van der Waals surface area contributed by atoms with Crippen LogP contribution in [0.2, 0.25) is 0 Å². The summed E-state index contributed by atoms with van der Waals surface area (Å²) < 4.78 is 0. The molecule has 1 amide bonds. The Morgan fingerprint density at radius 2 is 1.93 bits per heavy atom. The number of carbonyl (C=O) groups excluding carboxylic acids is 1. The van der Waals surface area contributed by atoms with Crippen molar-refractivity contribution in [3.8, 4) is 0 Å². The molecule has 3 aromatic rings. The molecule has 1 aliphatic rings. The van der Waals surface area contributed by atoms with Crippen molar-refractivity contribution in [2.45, 2.75) is 50.9 Å². The molecule has 1 aliphatic heterocycles. The summed E-state index contributed by atoms with van der Waals surface area (Å²) in [4.78, 5) is 26.6. The number of amides is 1. The van der Waals surface area contributed by atoms with Crippen molar-refractivity contribution >= 4 is 39.2 Å². The monoisotopic (exact) mass is 397 g/mol. The second-order valence-electron chi connectivity index (χ2n) is 7.08. The highest BCUT2D eigenvalue weighted by atomic mass is 32.2. The van der Waals surface area contributed by atoms with Gasteiger partial charge in [0.2, 0.25) is 5.91 Å². The van der Waals surface area contributed by atoms with Gasteiger partial charge in [0.05, 0.1) is 5.25 Å². The SMILES string of the molecule is Cc1nc(SC(C)C(=O)N2CCc3ccccc3C2)c2c(C)c(C)sc2n1. The molecule has 140 valence electrons. The van der Waals surface area contributed by atoms with E-state index in [4.69, 9.17) is 0 Å². The van der Waals surface area contributed by atoms with Crippen LogP contribution in [0.25, 0.3) is 10.2 Å². The summed E-state index contributed by atoms with van der Waals surface area (Å²) >= 11 is 3.27. The molecule has 0 saturated heterocycles. The van der Waals surface area contributed by atoms with Crippen molar-refractivity contribution in [3.05, 3.63) is 51.7 Å². The highest BCUT2D eigenvalue weighted by Gasteiger charge is 2.26. The zero-order chi connectivity index (χ0) is 19.1. The van der Waals surface area contributed by atoms with Crippen molar-refractivity contribution < 1.29 is 4.79 Å². The first-order valence-corrected chi connectivity index (χ1v) is 10.9. The van der Waals surface area contributed by atoms with Crippen molar-refractivity contribution in [1.82, 2.24) is 14.9 Å². The molecule has 4 nitrogen and oxygen atoms in total. The fraction of sp³-hybridized carbons (Fsp3) is 0.381. The Morgan fingerprint density at radius 1 is 1.19 bits per heavy atom. The van der Waals surface area contributed by atoms with E-state index in [0.717, 1.165) is 34.0 Å². The van der Waals surface area contributed by atoms with Crippen molar-refractivity contribution in [2.75, 3.05) is 6.54 Å². The number of hydrogen-bond donors (Lipinski definition) is 0. The van der Waals surface area contributed by atoms with Gasteiger partial charge in [-0.1, -0.05) is 36.0 Å². The number of aromatic nitrogens is 2. The number of nitrogens with zero attached hydrogens (tertiary/aromatic N) is 3. The van der Waals surface area contributed by atoms with Crippen LogP contribution in [0.15, 0.2) is 29.3 Å². The van der Waals surface area contributed by atoms with Crippen molar-refractivity contribution in [1.29, 1.82) is 0 Å². The minimum Gasteiger partial charge on any atom is -0.337 e. The predicted molar refractivity (Wildman–Crippen MR) is 113 cm³/mol. The quantitative estimate of drug-likeness (QED) is 0.475. The molecule has 3 heterocycles. The van der Waals surface area contributed by atoms with Crippen molar-refractivity contribution in [3.63, 3.8) is 0 Å². The summed E-state index contributed by atoms with van der Waals surface area (Å²) in [7, 11) is 0. The number of hydrogen-bond acceptors (Lipinski definition) is 5. The molecule has 1 atom stereocenters. The molecule has 1 unspecified atom stereocenters. The highest BCUT2D eigenvalue weighted by molar-refractivity contribution is 8.00. The summed E-state index contributed by atoms with van der Waals surface area (Å²) in [6.07, 6.45) is 0.930. The first kappa shape index (κ1) is 18.4. The molecule has 0 saturated carbocycles. The number of benzene rings is 1. The maximum absolute atomic E-state index is 13.1. The highest BCUT2D eigenvalue weighted by Crippen LogP contribution is 2.37. The molecular formula is C21H23N3OS2. The van der Waals surface area contributed by atoms with E-state index in [1.54, 1.807) is 23.1 Å². The molecular weight excluding hydrogens is 374 g/mol. The Balaban J connectivity index is 1.57. The maximum atomic E-state index is 13.1. The minimum atomic E-state index is -0.174. The Labute approximate surface area is 168 Å². The van der Waals surface area contributed by atoms with Gasteiger partial charge in [0.25, 0.3) is 0 Å². The fourth-order valence-corrected chi connectivity index (χ4v) is 5.84. The third kappa shape index (κ3) is 3.48. The third-order valence-electron chi connectivity index (χ3n) is 5.19. The van der Waals surface area contributed by atoms with Crippen LogP contribution in [0.5, 0.6) is 0 Å². The average Bonchev–Trinajstić information content (AvgIpc) is 2.94. The Bertz CT molecular complexity index is 1030. The maximum Gasteiger partial charge on any atom is 0.236 e. The number of fused-ring (bicyclic) bond motifs is 2. The van der Waals surface area contributed by atoms with Crippen LogP contribution in [0, 0.1) is 20.8 Å². The number of thioether (sulfide) groups is 1. The molecule has 27 heavy (non-hydrogen) atoms. The van der Waals surface area contributed by atoms with Crippen LogP contribution in [0.3, 0.4) is 0 Å². The topological polar surface area (TPSA) is 46.1 Å². The number of rotatable bonds is 3. The van der Waals surface area contributed by atoms with E-state index in [1.165, 1.54) is 21.6 Å². The minimum absolute atomic E-state index is 0.174. The second kappa shape index (κ2) is 7.24. The number of carbonyl (C=O) groups is 1. The van der Waals surface area contributed by atoms with Crippen LogP contribution in [-0.4, -0.2) is 32.6 Å². The second-order valence-corrected chi connectivity index (χ2v) is 9.61. The molecule has 0 fully saturated rings. The Kier molecular flexibility index (Phi) is 4.95. The lowest BCUT2D eigenvalue weighted by Crippen LogP contribution is -2.40. The van der Waals surface area contributed by atoms with Gasteiger partial charge in [-0.3, -0.25) is 4.79 Å². The normalized spacial score (nSPS) is 15.0. The van der Waals surface area contributed by atoms with E-state index in [2.05, 4.69) is 42.0 Å². The first-order chi connectivity index (χ1) is 12.9. The van der Waals surface area contributed by atoms with Crippen LogP contribution >= 0.6 is 23.1 Å². The molecule has 0 bridgehead atoms. The lowest BCUT2D eigenvalue weighted by Gasteiger charge is -2.30. The van der Waals surface area contributed by atoms with Crippen LogP contribution in [0.4, 0.5) is 0 Å². The van der Waals surface area contributed by atoms with Gasteiger partial charge in [-0.25, -0.2) is 9.97 Å². The fourth-order valence-electron chi connectivity index (χ4n) is 3.56. The average molecular weight is 398 g/mol. The molecule has 1 aromatic carbocycles. The van der Waals surface area contributed by atoms with E-state index in [1.807, 2.05) is 24.8 Å². The van der Waals surface area contributed by atoms with Crippen LogP contribution < -0.4 is 0 Å². The van der Waals surface area contributed by atoms with Gasteiger partial charge in [0, 0.05) is 23.4 Å². The molecule has 4 rings (SSSR count). The molecule has 0 spiro atoms. The summed E-state index contributed by atoms with van der Waals surface area (Å²) in [6.45, 7) is 9.63. The predicted octanol–water partition coefficient (Wildman–Crippen LogP) is 4.68. The lowest BCUT2D eigenvalue weighted by atomic mass is 10.00. The zero-order valence-corrected chi connectivity index (χ0v) is 17.7. The first-order valence-electron chi connectivity index (χ1n) is 9.20. The summed E-state index contributed by atoms with van der Waals surface area (Å²) in [6, 6.07) is 8.41. The molecule has 0 aliphatic carbocycles. The standard InChI is InChI=1S/C21H23N3OS2/c1-12-13(2)26-19-18(12)20(23-15(4)22-19)27-14(3)21(25)24-10-9-16-7-5-6-8-17(16)11-24/h5-8,14H,9-11H2,1-4H3. The zero-order valence-electron chi connectivity index (χ0n) is 16.1. The van der Waals surface area contributed by atoms with Gasteiger partial charge < -0.3 is 4.90 Å². The lowest BCUT2D eigenvalue weighted by molar-refractivity contribution is -0.131. The third-order valence-corrected chi connectivity index (χ3v) is 7.36. The van der Waals surface area contributed by atoms with E-state index >= 15 is 0 Å². The molecule has 0 N–H and O–H groups in total. The summed E-state index contributed by atoms with van der Waals surface area (Å²) in [5.74, 6) is 0.946. The Morgan fingerprint density at radius 3 is 2.70 bits per heavy atom. The molecule has 6 heteroatoms. The van der Waals surface area contributed by atoms with Crippen LogP contribution in [-0.2, 0) is 17.8 Å². The van der Waals surface area contributed by atoms with E-state index in [9.17, 15) is 4.79 Å². The van der Waals surface area contributed by atoms with E-state index in [-0.39, 0.29) is 11.2 Å². The van der Waals surface area contributed by atoms with Crippen LogP contribution in [0.1, 0.15) is 34.3 Å². The van der Waals surface area contributed by atoms with Gasteiger partial charge in [-0.05, 0) is 50.8 Å². The van der Waals surface area contributed by atoms with Gasteiger partial charge in [0.15, 0.2) is 0 Å². The smallest absolute Gasteiger partial charge is 0.236 e. The van der Waals surface area contributed by atoms with Gasteiger partial charge in [-0.15, -0.1) is 11.3 Å². The largest absolute Gasteiger partial charge is 0.337 e. The number of thiophene rings is 1. The Hall–Kier alpha value is -1.92. The molecule has 0 radical (unpaired) electrons. The number of aryl methyl sites for hydroxylation is 3. The van der Waals surface area contributed by atoms with E-state index in [0.29, 0.717) is 6.54 Å². The van der Waals surface area contributed by atoms with E-state index < -0.39 is 0 Å². The van der Waals surface area contributed by atoms with Gasteiger partial charge in [-0.2, -0.15) is 0 Å². The van der Waals surface area contributed by atoms with Gasteiger partial charge >= 0.3 is 0 Å². The van der Waals surface area contributed by atoms with Crippen molar-refractivity contribution in [2.24, 2.45) is 0 Å². The summed E-state index contributed by atoms with van der Waals surface area (Å²) in [5.41, 5.74) is 3.85. The summed E-state index contributed by atoms with van der Waals surface area (Å²) in [5, 5.41) is 1.86. The molecule has 2 aromatic heterocycles. The van der Waals surface area contributed by atoms with Gasteiger partial charge in [0.1, 0.15) is 15.7 Å².